The van der Waals surface area contributed by atoms with Gasteiger partial charge in [-0.15, -0.1) is 0 Å². The van der Waals surface area contributed by atoms with Crippen molar-refractivity contribution in [2.75, 3.05) is 13.7 Å². The van der Waals surface area contributed by atoms with Gasteiger partial charge in [0.2, 0.25) is 0 Å². The number of nitro benzene ring substituents is 1. The molecule has 0 aliphatic heterocycles. The minimum Gasteiger partial charge on any atom is -0.867 e. The van der Waals surface area contributed by atoms with Crippen molar-refractivity contribution in [1.82, 2.24) is 0 Å². The molecule has 0 spiro atoms. The fourth-order valence-corrected chi connectivity index (χ4v) is 2.31. The molecule has 0 saturated carbocycles. The van der Waals surface area contributed by atoms with E-state index in [1.165, 1.54) is 12.3 Å². The molecule has 0 aliphatic carbocycles. The standard InChI is InChI=1S/C16H15ClN2O4/c1-23-15-5-3-2-4-11(15)6-7-18-10-12-8-13(17)9-14(16(12)20)19(21)22/h2-5,8-10,20H,6-7H2,1H3/p-1. The van der Waals surface area contributed by atoms with Gasteiger partial charge >= 0.3 is 0 Å². The molecular formula is C16H14ClN2O4-. The van der Waals surface area contributed by atoms with E-state index < -0.39 is 16.4 Å². The first kappa shape index (κ1) is 16.8. The van der Waals surface area contributed by atoms with Gasteiger partial charge in [0.1, 0.15) is 5.75 Å². The van der Waals surface area contributed by atoms with Crippen LogP contribution in [0.4, 0.5) is 5.69 Å². The Morgan fingerprint density at radius 1 is 1.35 bits per heavy atom. The van der Waals surface area contributed by atoms with Gasteiger partial charge in [-0.2, -0.15) is 0 Å². The van der Waals surface area contributed by atoms with Crippen LogP contribution in [0.25, 0.3) is 0 Å². The molecule has 6 nitrogen and oxygen atoms in total. The van der Waals surface area contributed by atoms with E-state index in [2.05, 4.69) is 4.99 Å². The monoisotopic (exact) mass is 333 g/mol. The number of hydrogen-bond acceptors (Lipinski definition) is 5. The van der Waals surface area contributed by atoms with E-state index in [0.29, 0.717) is 13.0 Å². The molecule has 0 heterocycles. The molecule has 0 aromatic heterocycles. The van der Waals surface area contributed by atoms with E-state index in [-0.39, 0.29) is 10.6 Å². The number of benzene rings is 2. The number of aliphatic imine (C=N–C) groups is 1. The van der Waals surface area contributed by atoms with Crippen LogP contribution in [0.5, 0.6) is 11.5 Å². The maximum Gasteiger partial charge on any atom is 0.263 e. The highest BCUT2D eigenvalue weighted by Crippen LogP contribution is 2.30. The number of nitro groups is 1. The van der Waals surface area contributed by atoms with Crippen LogP contribution in [0.2, 0.25) is 5.02 Å². The highest BCUT2D eigenvalue weighted by molar-refractivity contribution is 6.31. The van der Waals surface area contributed by atoms with Crippen LogP contribution in [0.1, 0.15) is 11.1 Å². The third-order valence-electron chi connectivity index (χ3n) is 3.19. The topological polar surface area (TPSA) is 87.8 Å². The minimum atomic E-state index is -0.750. The van der Waals surface area contributed by atoms with Crippen LogP contribution >= 0.6 is 11.6 Å². The predicted molar refractivity (Wildman–Crippen MR) is 86.7 cm³/mol. The quantitative estimate of drug-likeness (QED) is 0.462. The average Bonchev–Trinajstić information content (AvgIpc) is 2.54. The van der Waals surface area contributed by atoms with Gasteiger partial charge in [0.15, 0.2) is 0 Å². The summed E-state index contributed by atoms with van der Waals surface area (Å²) in [5, 5.41) is 22.8. The van der Waals surface area contributed by atoms with Crippen LogP contribution in [0.15, 0.2) is 41.4 Å². The molecule has 2 rings (SSSR count). The lowest BCUT2D eigenvalue weighted by molar-refractivity contribution is -0.398. The summed E-state index contributed by atoms with van der Waals surface area (Å²) in [4.78, 5) is 14.2. The molecule has 0 atom stereocenters. The molecule has 0 fully saturated rings. The number of hydrogen-bond donors (Lipinski definition) is 0. The van der Waals surface area contributed by atoms with E-state index in [0.717, 1.165) is 17.4 Å². The SMILES string of the molecule is COc1ccccc1CCN=Cc1cc(Cl)cc([N+](=O)[O-])c1[O-]. The molecule has 0 radical (unpaired) electrons. The van der Waals surface area contributed by atoms with Gasteiger partial charge in [0.25, 0.3) is 5.69 Å². The lowest BCUT2D eigenvalue weighted by Crippen LogP contribution is -2.02. The Labute approximate surface area is 138 Å². The Balaban J connectivity index is 2.11. The number of ether oxygens (including phenoxy) is 1. The lowest BCUT2D eigenvalue weighted by atomic mass is 10.1. The Bertz CT molecular complexity index is 747. The van der Waals surface area contributed by atoms with E-state index >= 15 is 0 Å². The first-order valence-corrected chi connectivity index (χ1v) is 7.17. The Kier molecular flexibility index (Phi) is 5.54. The maximum absolute atomic E-state index is 11.9. The zero-order chi connectivity index (χ0) is 16.8. The maximum atomic E-state index is 11.9. The average molecular weight is 334 g/mol. The highest BCUT2D eigenvalue weighted by Gasteiger charge is 2.11. The van der Waals surface area contributed by atoms with Crippen molar-refractivity contribution in [2.45, 2.75) is 6.42 Å². The van der Waals surface area contributed by atoms with Crippen molar-refractivity contribution < 1.29 is 14.8 Å². The van der Waals surface area contributed by atoms with Crippen molar-refractivity contribution in [3.8, 4) is 11.5 Å². The molecule has 0 bridgehead atoms. The zero-order valence-electron chi connectivity index (χ0n) is 12.4. The molecule has 0 aliphatic rings. The fourth-order valence-electron chi connectivity index (χ4n) is 2.09. The van der Waals surface area contributed by atoms with Gasteiger partial charge in [-0.3, -0.25) is 15.1 Å². The van der Waals surface area contributed by atoms with Gasteiger partial charge in [-0.1, -0.05) is 29.8 Å². The molecule has 120 valence electrons. The highest BCUT2D eigenvalue weighted by atomic mass is 35.5. The second kappa shape index (κ2) is 7.60. The van der Waals surface area contributed by atoms with Gasteiger partial charge in [0.05, 0.1) is 12.0 Å². The van der Waals surface area contributed by atoms with Crippen molar-refractivity contribution in [1.29, 1.82) is 0 Å². The molecule has 7 heteroatoms. The largest absolute Gasteiger partial charge is 0.867 e. The smallest absolute Gasteiger partial charge is 0.263 e. The van der Waals surface area contributed by atoms with Crippen LogP contribution < -0.4 is 9.84 Å². The summed E-state index contributed by atoms with van der Waals surface area (Å²) < 4.78 is 5.24. The Morgan fingerprint density at radius 3 is 2.78 bits per heavy atom. The Hall–Kier alpha value is -2.60. The number of halogens is 1. The van der Waals surface area contributed by atoms with E-state index in [1.807, 2.05) is 24.3 Å². The zero-order valence-corrected chi connectivity index (χ0v) is 13.1. The van der Waals surface area contributed by atoms with Crippen molar-refractivity contribution in [2.24, 2.45) is 4.99 Å². The number of para-hydroxylation sites is 1. The third kappa shape index (κ3) is 4.20. The van der Waals surface area contributed by atoms with Crippen LogP contribution in [0, 0.1) is 10.1 Å². The number of rotatable bonds is 6. The summed E-state index contributed by atoms with van der Waals surface area (Å²) in [6.45, 7) is 0.417. The van der Waals surface area contributed by atoms with Crippen molar-refractivity contribution >= 4 is 23.5 Å². The van der Waals surface area contributed by atoms with Crippen molar-refractivity contribution in [3.05, 3.63) is 62.7 Å². The van der Waals surface area contributed by atoms with Crippen LogP contribution in [-0.4, -0.2) is 24.8 Å². The fraction of sp³-hybridized carbons (Fsp3) is 0.188. The Morgan fingerprint density at radius 2 is 2.09 bits per heavy atom. The normalized spacial score (nSPS) is 10.9. The van der Waals surface area contributed by atoms with Gasteiger partial charge < -0.3 is 9.84 Å². The minimum absolute atomic E-state index is 0.101. The molecule has 23 heavy (non-hydrogen) atoms. The van der Waals surface area contributed by atoms with Gasteiger partial charge in [-0.05, 0) is 35.4 Å². The molecule has 0 saturated heterocycles. The summed E-state index contributed by atoms with van der Waals surface area (Å²) in [7, 11) is 1.59. The first-order valence-electron chi connectivity index (χ1n) is 6.79. The first-order chi connectivity index (χ1) is 11.0. The van der Waals surface area contributed by atoms with E-state index in [9.17, 15) is 15.2 Å². The second-order valence-electron chi connectivity index (χ2n) is 4.70. The molecule has 0 amide bonds. The summed E-state index contributed by atoms with van der Waals surface area (Å²) in [5.41, 5.74) is 0.541. The summed E-state index contributed by atoms with van der Waals surface area (Å²) in [6.07, 6.45) is 1.94. The summed E-state index contributed by atoms with van der Waals surface area (Å²) in [5.74, 6) is 0.0750. The lowest BCUT2D eigenvalue weighted by Gasteiger charge is -2.11. The summed E-state index contributed by atoms with van der Waals surface area (Å²) in [6, 6.07) is 9.96. The second-order valence-corrected chi connectivity index (χ2v) is 5.13. The molecule has 0 unspecified atom stereocenters. The predicted octanol–water partition coefficient (Wildman–Crippen LogP) is 2.99. The van der Waals surface area contributed by atoms with Gasteiger partial charge in [0, 0.05) is 23.8 Å². The molecule has 2 aromatic carbocycles. The molecule has 0 N–H and O–H groups in total. The van der Waals surface area contributed by atoms with Gasteiger partial charge in [-0.25, -0.2) is 0 Å². The third-order valence-corrected chi connectivity index (χ3v) is 3.41. The van der Waals surface area contributed by atoms with Crippen molar-refractivity contribution in [3.63, 3.8) is 0 Å². The number of nitrogens with zero attached hydrogens (tertiary/aromatic N) is 2. The van der Waals surface area contributed by atoms with Crippen LogP contribution in [0.3, 0.4) is 0 Å². The van der Waals surface area contributed by atoms with E-state index in [1.54, 1.807) is 7.11 Å². The molecular weight excluding hydrogens is 320 g/mol. The van der Waals surface area contributed by atoms with E-state index in [4.69, 9.17) is 16.3 Å². The number of methoxy groups -OCH3 is 1. The molecule has 2 aromatic rings. The summed E-state index contributed by atoms with van der Waals surface area (Å²) >= 11 is 5.79. The van der Waals surface area contributed by atoms with Crippen LogP contribution in [-0.2, 0) is 6.42 Å².